The fourth-order valence-electron chi connectivity index (χ4n) is 5.39. The molecule has 1 aromatic carbocycles. The van der Waals surface area contributed by atoms with Gasteiger partial charge in [0, 0.05) is 5.56 Å². The van der Waals surface area contributed by atoms with Crippen LogP contribution in [0.4, 0.5) is 0 Å². The molecule has 1 aromatic rings. The number of carbonyl (C=O) groups is 1. The fraction of sp³-hybridized carbons (Fsp3) is 0.656. The van der Waals surface area contributed by atoms with Crippen LogP contribution in [-0.4, -0.2) is 25.7 Å². The molecule has 0 bridgehead atoms. The van der Waals surface area contributed by atoms with E-state index in [4.69, 9.17) is 4.43 Å². The molecule has 36 heavy (non-hydrogen) atoms. The van der Waals surface area contributed by atoms with E-state index in [1.165, 1.54) is 44.9 Å². The molecule has 4 heteroatoms. The number of carbonyl (C=O) groups excluding carboxylic acids is 1. The molecule has 0 aliphatic heterocycles. The van der Waals surface area contributed by atoms with E-state index in [-0.39, 0.29) is 5.91 Å². The van der Waals surface area contributed by atoms with E-state index in [9.17, 15) is 4.79 Å². The Morgan fingerprint density at radius 3 is 1.92 bits per heavy atom. The summed E-state index contributed by atoms with van der Waals surface area (Å²) in [5.74, 6) is 6.80. The first kappa shape index (κ1) is 32.0. The first-order valence-corrected chi connectivity index (χ1v) is 16.5. The van der Waals surface area contributed by atoms with Gasteiger partial charge in [0.2, 0.25) is 0 Å². The van der Waals surface area contributed by atoms with Crippen molar-refractivity contribution in [2.75, 3.05) is 6.54 Å². The van der Waals surface area contributed by atoms with E-state index >= 15 is 0 Å². The zero-order chi connectivity index (χ0) is 27.0. The number of unbranched alkanes of at least 4 members (excludes halogenated alkanes) is 8. The van der Waals surface area contributed by atoms with Crippen LogP contribution in [0.1, 0.15) is 124 Å². The Labute approximate surface area is 224 Å². The maximum absolute atomic E-state index is 13.7. The summed E-state index contributed by atoms with van der Waals surface area (Å²) in [6.07, 6.45) is 13.4. The average molecular weight is 512 g/mol. The molecule has 0 aliphatic rings. The first-order valence-electron chi connectivity index (χ1n) is 14.4. The van der Waals surface area contributed by atoms with Gasteiger partial charge in [0.05, 0.1) is 6.54 Å². The molecule has 0 N–H and O–H groups in total. The maximum Gasteiger partial charge on any atom is 0.261 e. The quantitative estimate of drug-likeness (QED) is 0.0901. The molecule has 1 amide bonds. The van der Waals surface area contributed by atoms with Crippen LogP contribution < -0.4 is 0 Å². The Bertz CT molecular complexity index is 811. The Balaban J connectivity index is 3.23. The normalized spacial score (nSPS) is 12.1. The third-order valence-electron chi connectivity index (χ3n) is 7.31. The highest BCUT2D eigenvalue weighted by molar-refractivity contribution is 6.77. The largest absolute Gasteiger partial charge is 0.531 e. The summed E-state index contributed by atoms with van der Waals surface area (Å²) in [6, 6.07) is 9.52. The summed E-state index contributed by atoms with van der Waals surface area (Å²) < 4.78 is 7.13. The SMILES string of the molecule is CC#CCN(C(=O)c1ccccc1)/C(=C/CCCCCCCCCC)O[Si](C(C)C)(C(C)C)C(C)C. The lowest BCUT2D eigenvalue weighted by atomic mass is 10.1. The van der Waals surface area contributed by atoms with Gasteiger partial charge in [-0.3, -0.25) is 9.69 Å². The average Bonchev–Trinajstić information content (AvgIpc) is 2.85. The van der Waals surface area contributed by atoms with Crippen LogP contribution in [-0.2, 0) is 4.43 Å². The summed E-state index contributed by atoms with van der Waals surface area (Å²) in [5, 5.41) is 0. The number of nitrogens with zero attached hydrogens (tertiary/aromatic N) is 1. The van der Waals surface area contributed by atoms with Gasteiger partial charge >= 0.3 is 0 Å². The van der Waals surface area contributed by atoms with Crippen molar-refractivity contribution < 1.29 is 9.22 Å². The van der Waals surface area contributed by atoms with Crippen LogP contribution >= 0.6 is 0 Å². The fourth-order valence-corrected chi connectivity index (χ4v) is 10.7. The third-order valence-corrected chi connectivity index (χ3v) is 13.3. The zero-order valence-electron chi connectivity index (χ0n) is 24.5. The molecule has 3 nitrogen and oxygen atoms in total. The minimum atomic E-state index is -2.24. The smallest absolute Gasteiger partial charge is 0.261 e. The van der Waals surface area contributed by atoms with Crippen molar-refractivity contribution in [3.63, 3.8) is 0 Å². The van der Waals surface area contributed by atoms with Crippen LogP contribution in [0.3, 0.4) is 0 Å². The number of rotatable bonds is 17. The van der Waals surface area contributed by atoms with E-state index in [1.54, 1.807) is 4.90 Å². The highest BCUT2D eigenvalue weighted by atomic mass is 28.4. The van der Waals surface area contributed by atoms with Gasteiger partial charge in [0.25, 0.3) is 14.2 Å². The molecule has 0 heterocycles. The third kappa shape index (κ3) is 9.81. The molecule has 0 unspecified atom stereocenters. The summed E-state index contributed by atoms with van der Waals surface area (Å²) in [4.78, 5) is 15.5. The molecule has 202 valence electrons. The minimum absolute atomic E-state index is 0.0420. The Hall–Kier alpha value is -1.99. The summed E-state index contributed by atoms with van der Waals surface area (Å²) >= 11 is 0. The molecule has 0 aliphatic carbocycles. The van der Waals surface area contributed by atoms with Gasteiger partial charge in [-0.1, -0.05) is 118 Å². The Morgan fingerprint density at radius 2 is 1.42 bits per heavy atom. The number of hydrogen-bond donors (Lipinski definition) is 0. The van der Waals surface area contributed by atoms with Crippen molar-refractivity contribution in [1.82, 2.24) is 4.90 Å². The number of benzene rings is 1. The lowest BCUT2D eigenvalue weighted by molar-refractivity contribution is 0.0752. The lowest BCUT2D eigenvalue weighted by Gasteiger charge is -2.44. The minimum Gasteiger partial charge on any atom is -0.531 e. The monoisotopic (exact) mass is 511 g/mol. The molecule has 0 spiro atoms. The van der Waals surface area contributed by atoms with Crippen LogP contribution in [0.15, 0.2) is 42.3 Å². The highest BCUT2D eigenvalue weighted by Gasteiger charge is 2.48. The number of amides is 1. The highest BCUT2D eigenvalue weighted by Crippen LogP contribution is 2.44. The van der Waals surface area contributed by atoms with Crippen molar-refractivity contribution in [2.24, 2.45) is 0 Å². The van der Waals surface area contributed by atoms with Crippen LogP contribution in [0, 0.1) is 11.8 Å². The molecule has 0 saturated carbocycles. The van der Waals surface area contributed by atoms with Crippen LogP contribution in [0.25, 0.3) is 0 Å². The second kappa shape index (κ2) is 17.5. The van der Waals surface area contributed by atoms with E-state index < -0.39 is 8.32 Å². The lowest BCUT2D eigenvalue weighted by Crippen LogP contribution is -2.50. The molecule has 0 atom stereocenters. The second-order valence-corrected chi connectivity index (χ2v) is 16.3. The summed E-state index contributed by atoms with van der Waals surface area (Å²) in [5.41, 5.74) is 1.95. The molecule has 0 saturated heterocycles. The molecular formula is C32H53NO2Si. The van der Waals surface area contributed by atoms with Crippen molar-refractivity contribution in [3.8, 4) is 11.8 Å². The van der Waals surface area contributed by atoms with Crippen molar-refractivity contribution in [3.05, 3.63) is 47.9 Å². The molecule has 0 fully saturated rings. The van der Waals surface area contributed by atoms with E-state index in [0.717, 1.165) is 18.7 Å². The first-order chi connectivity index (χ1) is 17.2. The van der Waals surface area contributed by atoms with Crippen LogP contribution in [0.2, 0.25) is 16.6 Å². The number of allylic oxidation sites excluding steroid dienone is 1. The zero-order valence-corrected chi connectivity index (χ0v) is 25.5. The molecule has 0 aromatic heterocycles. The number of hydrogen-bond acceptors (Lipinski definition) is 2. The topological polar surface area (TPSA) is 29.5 Å². The van der Waals surface area contributed by atoms with Gasteiger partial charge in [-0.2, -0.15) is 0 Å². The predicted molar refractivity (Wildman–Crippen MR) is 158 cm³/mol. The van der Waals surface area contributed by atoms with E-state index in [0.29, 0.717) is 28.7 Å². The van der Waals surface area contributed by atoms with Gasteiger partial charge in [-0.15, -0.1) is 5.92 Å². The predicted octanol–water partition coefficient (Wildman–Crippen LogP) is 9.72. The molecule has 0 radical (unpaired) electrons. The molecular weight excluding hydrogens is 458 g/mol. The van der Waals surface area contributed by atoms with Gasteiger partial charge in [-0.25, -0.2) is 0 Å². The summed E-state index contributed by atoms with van der Waals surface area (Å²) in [6.45, 7) is 18.2. The Morgan fingerprint density at radius 1 is 0.889 bits per heavy atom. The van der Waals surface area contributed by atoms with Gasteiger partial charge in [-0.05, 0) is 54.6 Å². The maximum atomic E-state index is 13.7. The molecule has 1 rings (SSSR count). The Kier molecular flexibility index (Phi) is 15.5. The second-order valence-electron chi connectivity index (χ2n) is 10.9. The standard InChI is InChI=1S/C32H53NO2Si/c1-9-11-13-14-15-16-17-18-22-25-31(35-36(27(3)4,28(5)6)29(7)8)33(26-12-10-2)32(34)30-23-20-19-21-24-30/h19-21,23-25,27-29H,9,11,13-18,22,26H2,1-8H3/b31-25-. The van der Waals surface area contributed by atoms with Crippen molar-refractivity contribution in [1.29, 1.82) is 0 Å². The van der Waals surface area contributed by atoms with Gasteiger partial charge < -0.3 is 4.43 Å². The van der Waals surface area contributed by atoms with Crippen molar-refractivity contribution in [2.45, 2.75) is 130 Å². The van der Waals surface area contributed by atoms with Gasteiger partial charge in [0.1, 0.15) is 0 Å². The van der Waals surface area contributed by atoms with E-state index in [2.05, 4.69) is 66.4 Å². The summed E-state index contributed by atoms with van der Waals surface area (Å²) in [7, 11) is -2.24. The van der Waals surface area contributed by atoms with Crippen LogP contribution in [0.5, 0.6) is 0 Å². The van der Waals surface area contributed by atoms with Gasteiger partial charge in [0.15, 0.2) is 5.88 Å². The van der Waals surface area contributed by atoms with E-state index in [1.807, 2.05) is 37.3 Å². The van der Waals surface area contributed by atoms with Crippen molar-refractivity contribution >= 4 is 14.2 Å².